The molecule has 4 rings (SSSR count). The number of carboxylic acid groups (broad SMARTS) is 1. The van der Waals surface area contributed by atoms with Crippen molar-refractivity contribution in [3.8, 4) is 5.75 Å². The minimum Gasteiger partial charge on any atom is -0.508 e. The van der Waals surface area contributed by atoms with Gasteiger partial charge in [0.05, 0.1) is 12.4 Å². The summed E-state index contributed by atoms with van der Waals surface area (Å²) >= 11 is 1.46. The molecule has 0 unspecified atom stereocenters. The van der Waals surface area contributed by atoms with Gasteiger partial charge in [0.25, 0.3) is 0 Å². The van der Waals surface area contributed by atoms with E-state index in [1.807, 2.05) is 26.2 Å². The number of nitrogens with one attached hydrogen (secondary N) is 5. The zero-order chi connectivity index (χ0) is 41.5. The second-order valence-corrected chi connectivity index (χ2v) is 15.6. The second-order valence-electron chi connectivity index (χ2n) is 14.6. The molecule has 1 aliphatic rings. The van der Waals surface area contributed by atoms with E-state index in [0.29, 0.717) is 29.9 Å². The van der Waals surface area contributed by atoms with E-state index in [2.05, 4.69) is 31.2 Å². The number of aromatic nitrogens is 2. The van der Waals surface area contributed by atoms with Crippen molar-refractivity contribution in [2.45, 2.75) is 95.0 Å². The first-order valence-electron chi connectivity index (χ1n) is 19.0. The van der Waals surface area contributed by atoms with Crippen LogP contribution in [0.3, 0.4) is 0 Å². The number of phenolic OH excluding ortho intramolecular Hbond substituents is 1. The van der Waals surface area contributed by atoms with E-state index in [9.17, 15) is 39.0 Å². The summed E-state index contributed by atoms with van der Waals surface area (Å²) in [5.41, 5.74) is 8.18. The van der Waals surface area contributed by atoms with E-state index < -0.39 is 71.8 Å². The minimum absolute atomic E-state index is 0.00613. The van der Waals surface area contributed by atoms with Crippen molar-refractivity contribution in [3.63, 3.8) is 0 Å². The highest BCUT2D eigenvalue weighted by atomic mass is 32.2. The molecule has 0 spiro atoms. The summed E-state index contributed by atoms with van der Waals surface area (Å²) < 4.78 is 0. The first kappa shape index (κ1) is 44.3. The van der Waals surface area contributed by atoms with Crippen molar-refractivity contribution in [2.75, 3.05) is 18.6 Å². The smallest absolute Gasteiger partial charge is 0.326 e. The Hall–Kier alpha value is -5.42. The van der Waals surface area contributed by atoms with Crippen LogP contribution in [0.2, 0.25) is 0 Å². The van der Waals surface area contributed by atoms with Gasteiger partial charge in [-0.25, -0.2) is 9.78 Å². The maximum absolute atomic E-state index is 14.3. The van der Waals surface area contributed by atoms with Gasteiger partial charge < -0.3 is 47.1 Å². The molecule has 3 aromatic rings. The minimum atomic E-state index is -1.25. The fourth-order valence-corrected chi connectivity index (χ4v) is 7.11. The van der Waals surface area contributed by atoms with E-state index >= 15 is 0 Å². The summed E-state index contributed by atoms with van der Waals surface area (Å²) in [6.07, 6.45) is 6.30. The predicted molar refractivity (Wildman–Crippen MR) is 215 cm³/mol. The third-order valence-electron chi connectivity index (χ3n) is 9.64. The number of phenols is 1. The molecule has 6 atom stereocenters. The van der Waals surface area contributed by atoms with E-state index in [4.69, 9.17) is 5.73 Å². The maximum Gasteiger partial charge on any atom is 0.326 e. The highest BCUT2D eigenvalue weighted by molar-refractivity contribution is 7.98. The molecule has 2 aromatic carbocycles. The predicted octanol–water partition coefficient (Wildman–Crippen LogP) is 1.28. The third kappa shape index (κ3) is 13.6. The maximum atomic E-state index is 14.3. The lowest BCUT2D eigenvalue weighted by molar-refractivity contribution is -0.145. The van der Waals surface area contributed by atoms with Crippen LogP contribution in [0.1, 0.15) is 56.4 Å². The fourth-order valence-electron chi connectivity index (χ4n) is 6.64. The molecule has 16 nitrogen and oxygen atoms in total. The number of H-pyrrole nitrogens is 1. The van der Waals surface area contributed by atoms with Gasteiger partial charge in [0.2, 0.25) is 29.5 Å². The van der Waals surface area contributed by atoms with Gasteiger partial charge in [-0.3, -0.25) is 24.0 Å². The molecule has 308 valence electrons. The standard InChI is InChI=1S/C40H54N8O8S/c1-24(2)18-33(39(54)48-16-7-10-34(48)38(53)44-30(40(55)56)15-17-57-3)47-37(52)32(20-26-11-13-28(49)14-12-26)46-36(51)31(19-25-8-5-4-6-9-25)45-35(50)29(41)21-27-22-42-23-43-27/h4-6,8-9,11-14,22-24,29-34,49H,7,10,15-21,41H2,1-3H3,(H,42,43)(H,44,53)(H,45,50)(H,46,51)(H,47,52)(H,55,56)/t29-,30+,31-,32-,33-,34-/m0/s1. The highest BCUT2D eigenvalue weighted by Gasteiger charge is 2.40. The van der Waals surface area contributed by atoms with Crippen LogP contribution in [0.25, 0.3) is 0 Å². The lowest BCUT2D eigenvalue weighted by Crippen LogP contribution is -2.60. The summed E-state index contributed by atoms with van der Waals surface area (Å²) in [5.74, 6) is -3.72. The molecule has 0 saturated carbocycles. The number of hydrogen-bond donors (Lipinski definition) is 8. The number of carbonyl (C=O) groups excluding carboxylic acids is 5. The van der Waals surface area contributed by atoms with Crippen molar-refractivity contribution in [1.82, 2.24) is 36.1 Å². The molecule has 0 aliphatic carbocycles. The number of nitrogens with zero attached hydrogens (tertiary/aromatic N) is 2. The van der Waals surface area contributed by atoms with Gasteiger partial charge in [-0.2, -0.15) is 11.8 Å². The molecule has 57 heavy (non-hydrogen) atoms. The van der Waals surface area contributed by atoms with Gasteiger partial charge >= 0.3 is 5.97 Å². The van der Waals surface area contributed by atoms with Crippen LogP contribution in [-0.2, 0) is 48.0 Å². The Bertz CT molecular complexity index is 1790. The molecule has 1 fully saturated rings. The van der Waals surface area contributed by atoms with Crippen LogP contribution < -0.4 is 27.0 Å². The van der Waals surface area contributed by atoms with Crippen LogP contribution in [0.15, 0.2) is 67.1 Å². The lowest BCUT2D eigenvalue weighted by Gasteiger charge is -2.31. The number of rotatable bonds is 21. The Kier molecular flexibility index (Phi) is 16.9. The number of carbonyl (C=O) groups is 6. The van der Waals surface area contributed by atoms with Crippen LogP contribution in [0.5, 0.6) is 5.75 Å². The van der Waals surface area contributed by atoms with Gasteiger partial charge in [0.15, 0.2) is 0 Å². The molecule has 0 bridgehead atoms. The average Bonchev–Trinajstić information content (AvgIpc) is 3.89. The van der Waals surface area contributed by atoms with Gasteiger partial charge in [0, 0.05) is 37.7 Å². The number of likely N-dealkylation sites (tertiary alicyclic amines) is 1. The molecule has 1 aliphatic heterocycles. The number of thioether (sulfide) groups is 1. The molecule has 1 aromatic heterocycles. The first-order chi connectivity index (χ1) is 27.2. The van der Waals surface area contributed by atoms with Crippen molar-refractivity contribution in [3.05, 3.63) is 83.9 Å². The molecule has 0 radical (unpaired) electrons. The SMILES string of the molecule is CSCC[C@@H](NC(=O)[C@@H]1CCCN1C(=O)[C@H](CC(C)C)NC(=O)[C@H](Cc1ccc(O)cc1)NC(=O)[C@H](Cc1ccccc1)NC(=O)[C@@H](N)Cc1cnc[nH]1)C(=O)O. The van der Waals surface area contributed by atoms with Crippen molar-refractivity contribution in [2.24, 2.45) is 11.7 Å². The number of imidazole rings is 1. The number of carboxylic acids is 1. The first-order valence-corrected chi connectivity index (χ1v) is 20.4. The van der Waals surface area contributed by atoms with Crippen LogP contribution in [0, 0.1) is 5.92 Å². The van der Waals surface area contributed by atoms with Gasteiger partial charge in [-0.15, -0.1) is 0 Å². The molecule has 5 amide bonds. The number of aromatic amines is 1. The topological polar surface area (TPSA) is 249 Å². The van der Waals surface area contributed by atoms with Gasteiger partial charge in [-0.05, 0) is 66.9 Å². The number of nitrogens with two attached hydrogens (primary N) is 1. The van der Waals surface area contributed by atoms with E-state index in [1.165, 1.54) is 35.1 Å². The highest BCUT2D eigenvalue weighted by Crippen LogP contribution is 2.22. The summed E-state index contributed by atoms with van der Waals surface area (Å²) in [5, 5.41) is 30.6. The number of aromatic hydroxyl groups is 1. The third-order valence-corrected chi connectivity index (χ3v) is 10.3. The van der Waals surface area contributed by atoms with Gasteiger partial charge in [0.1, 0.15) is 36.0 Å². The number of aliphatic carboxylic acids is 1. The zero-order valence-corrected chi connectivity index (χ0v) is 33.3. The molecule has 2 heterocycles. The van der Waals surface area contributed by atoms with Crippen molar-refractivity contribution < 1.29 is 39.0 Å². The van der Waals surface area contributed by atoms with E-state index in [-0.39, 0.29) is 50.3 Å². The Morgan fingerprint density at radius 1 is 0.860 bits per heavy atom. The van der Waals surface area contributed by atoms with Crippen LogP contribution in [-0.4, -0.2) is 115 Å². The summed E-state index contributed by atoms with van der Waals surface area (Å²) in [7, 11) is 0. The molecule has 9 N–H and O–H groups in total. The largest absolute Gasteiger partial charge is 0.508 e. The van der Waals surface area contributed by atoms with E-state index in [1.54, 1.807) is 42.6 Å². The summed E-state index contributed by atoms with van der Waals surface area (Å²) in [6.45, 7) is 4.00. The number of hydrogen-bond acceptors (Lipinski definition) is 10. The van der Waals surface area contributed by atoms with E-state index in [0.717, 1.165) is 5.56 Å². The normalized spacial score (nSPS) is 16.5. The molecular weight excluding hydrogens is 753 g/mol. The molecule has 17 heteroatoms. The lowest BCUT2D eigenvalue weighted by atomic mass is 9.99. The number of amides is 5. The van der Waals surface area contributed by atoms with Crippen molar-refractivity contribution >= 4 is 47.3 Å². The summed E-state index contributed by atoms with van der Waals surface area (Å²) in [4.78, 5) is 89.4. The molecular formula is C40H54N8O8S. The number of benzene rings is 2. The van der Waals surface area contributed by atoms with Crippen molar-refractivity contribution in [1.29, 1.82) is 0 Å². The second kappa shape index (κ2) is 21.8. The summed E-state index contributed by atoms with van der Waals surface area (Å²) in [6, 6.07) is 8.60. The Balaban J connectivity index is 1.57. The quantitative estimate of drug-likeness (QED) is 0.0762. The molecule has 1 saturated heterocycles. The Morgan fingerprint density at radius 2 is 1.47 bits per heavy atom. The average molecular weight is 807 g/mol. The van der Waals surface area contributed by atoms with Crippen LogP contribution in [0.4, 0.5) is 0 Å². The zero-order valence-electron chi connectivity index (χ0n) is 32.5. The fraction of sp³-hybridized carbons (Fsp3) is 0.475. The van der Waals surface area contributed by atoms with Crippen LogP contribution >= 0.6 is 11.8 Å². The Morgan fingerprint density at radius 3 is 2.05 bits per heavy atom. The Labute approximate surface area is 336 Å². The monoisotopic (exact) mass is 806 g/mol. The van der Waals surface area contributed by atoms with Gasteiger partial charge in [-0.1, -0.05) is 56.3 Å².